The molecule has 108 valence electrons. The van der Waals surface area contributed by atoms with Crippen LogP contribution in [-0.4, -0.2) is 12.6 Å². The van der Waals surface area contributed by atoms with E-state index in [1.807, 2.05) is 30.3 Å². The Morgan fingerprint density at radius 2 is 1.76 bits per heavy atom. The van der Waals surface area contributed by atoms with Gasteiger partial charge in [-0.1, -0.05) is 48.5 Å². The summed E-state index contributed by atoms with van der Waals surface area (Å²) in [6, 6.07) is 16.4. The van der Waals surface area contributed by atoms with Crippen molar-refractivity contribution in [3.05, 3.63) is 77.1 Å². The molecule has 2 aromatic carbocycles. The maximum absolute atomic E-state index is 13.7. The van der Waals surface area contributed by atoms with Crippen LogP contribution in [0.2, 0.25) is 0 Å². The van der Waals surface area contributed by atoms with Crippen LogP contribution in [0, 0.1) is 5.82 Å². The minimum Gasteiger partial charge on any atom is -0.461 e. The smallest absolute Gasteiger partial charge is 0.302 e. The zero-order valence-corrected chi connectivity index (χ0v) is 11.9. The van der Waals surface area contributed by atoms with Gasteiger partial charge < -0.3 is 4.74 Å². The Kier molecular flexibility index (Phi) is 5.27. The van der Waals surface area contributed by atoms with Crippen molar-refractivity contribution < 1.29 is 13.9 Å². The van der Waals surface area contributed by atoms with E-state index < -0.39 is 0 Å². The van der Waals surface area contributed by atoms with Gasteiger partial charge in [0.05, 0.1) is 0 Å². The average molecular weight is 284 g/mol. The summed E-state index contributed by atoms with van der Waals surface area (Å²) in [6.07, 6.45) is 2.35. The Bertz CT molecular complexity index is 633. The van der Waals surface area contributed by atoms with Crippen LogP contribution in [-0.2, 0) is 16.0 Å². The molecule has 0 aliphatic carbocycles. The van der Waals surface area contributed by atoms with Gasteiger partial charge >= 0.3 is 5.97 Å². The van der Waals surface area contributed by atoms with Crippen LogP contribution in [0.25, 0.3) is 6.08 Å². The molecule has 0 bridgehead atoms. The van der Waals surface area contributed by atoms with Crippen LogP contribution < -0.4 is 0 Å². The quantitative estimate of drug-likeness (QED) is 0.775. The molecule has 0 aliphatic rings. The lowest BCUT2D eigenvalue weighted by molar-refractivity contribution is -0.139. The van der Waals surface area contributed by atoms with Crippen molar-refractivity contribution in [1.82, 2.24) is 0 Å². The van der Waals surface area contributed by atoms with Crippen molar-refractivity contribution in [3.8, 4) is 0 Å². The maximum atomic E-state index is 13.7. The third-order valence-electron chi connectivity index (χ3n) is 3.00. The molecular weight excluding hydrogens is 267 g/mol. The number of ether oxygens (including phenoxy) is 1. The van der Waals surface area contributed by atoms with Gasteiger partial charge in [-0.2, -0.15) is 0 Å². The molecule has 0 aromatic heterocycles. The highest BCUT2D eigenvalue weighted by atomic mass is 19.1. The van der Waals surface area contributed by atoms with Crippen molar-refractivity contribution in [2.45, 2.75) is 13.3 Å². The fourth-order valence-corrected chi connectivity index (χ4v) is 2.01. The molecule has 21 heavy (non-hydrogen) atoms. The van der Waals surface area contributed by atoms with Crippen LogP contribution in [0.4, 0.5) is 4.39 Å². The SMILES string of the molecule is CC(=O)OCC(=Cc1ccccc1F)Cc1ccccc1. The minimum absolute atomic E-state index is 0.165. The van der Waals surface area contributed by atoms with Crippen LogP contribution in [0.15, 0.2) is 60.2 Å². The molecule has 2 aromatic rings. The minimum atomic E-state index is -0.345. The molecule has 0 heterocycles. The predicted octanol–water partition coefficient (Wildman–Crippen LogP) is 4.01. The number of hydrogen-bond acceptors (Lipinski definition) is 2. The Morgan fingerprint density at radius 3 is 2.43 bits per heavy atom. The standard InChI is InChI=1S/C18H17FO2/c1-14(20)21-13-16(11-15-7-3-2-4-8-15)12-17-9-5-6-10-18(17)19/h2-10,12H,11,13H2,1H3. The van der Waals surface area contributed by atoms with Gasteiger partial charge in [-0.05, 0) is 29.7 Å². The summed E-state index contributed by atoms with van der Waals surface area (Å²) in [5.74, 6) is -0.631. The maximum Gasteiger partial charge on any atom is 0.302 e. The lowest BCUT2D eigenvalue weighted by Crippen LogP contribution is -2.05. The largest absolute Gasteiger partial charge is 0.461 e. The van der Waals surface area contributed by atoms with E-state index in [4.69, 9.17) is 4.74 Å². The first-order chi connectivity index (χ1) is 10.1. The summed E-state index contributed by atoms with van der Waals surface area (Å²) < 4.78 is 18.8. The fourth-order valence-electron chi connectivity index (χ4n) is 2.01. The molecule has 0 amide bonds. The van der Waals surface area contributed by atoms with E-state index in [1.165, 1.54) is 13.0 Å². The molecule has 3 heteroatoms. The normalized spacial score (nSPS) is 11.2. The summed E-state index contributed by atoms with van der Waals surface area (Å²) >= 11 is 0. The molecule has 0 radical (unpaired) electrons. The molecule has 0 unspecified atom stereocenters. The number of esters is 1. The average Bonchev–Trinajstić information content (AvgIpc) is 2.48. The highest BCUT2D eigenvalue weighted by Crippen LogP contribution is 2.15. The Hall–Kier alpha value is -2.42. The third-order valence-corrected chi connectivity index (χ3v) is 3.00. The van der Waals surface area contributed by atoms with E-state index in [0.29, 0.717) is 12.0 Å². The number of carbonyl (C=O) groups excluding carboxylic acids is 1. The zero-order chi connectivity index (χ0) is 15.1. The summed E-state index contributed by atoms with van der Waals surface area (Å²) in [5, 5.41) is 0. The molecule has 0 spiro atoms. The van der Waals surface area contributed by atoms with Crippen LogP contribution in [0.3, 0.4) is 0 Å². The molecule has 0 atom stereocenters. The second-order valence-electron chi connectivity index (χ2n) is 4.77. The van der Waals surface area contributed by atoms with E-state index in [-0.39, 0.29) is 18.4 Å². The molecule has 0 aliphatic heterocycles. The van der Waals surface area contributed by atoms with Crippen LogP contribution >= 0.6 is 0 Å². The van der Waals surface area contributed by atoms with Crippen LogP contribution in [0.5, 0.6) is 0 Å². The van der Waals surface area contributed by atoms with E-state index in [9.17, 15) is 9.18 Å². The van der Waals surface area contributed by atoms with Gasteiger partial charge in [-0.3, -0.25) is 4.79 Å². The van der Waals surface area contributed by atoms with E-state index in [2.05, 4.69) is 0 Å². The van der Waals surface area contributed by atoms with E-state index in [1.54, 1.807) is 24.3 Å². The molecule has 0 saturated carbocycles. The lowest BCUT2D eigenvalue weighted by atomic mass is 10.0. The van der Waals surface area contributed by atoms with Crippen molar-refractivity contribution in [3.63, 3.8) is 0 Å². The van der Waals surface area contributed by atoms with Gasteiger partial charge in [0.25, 0.3) is 0 Å². The van der Waals surface area contributed by atoms with Crippen molar-refractivity contribution in [1.29, 1.82) is 0 Å². The first kappa shape index (κ1) is 15.0. The monoisotopic (exact) mass is 284 g/mol. The number of rotatable bonds is 5. The van der Waals surface area contributed by atoms with Crippen molar-refractivity contribution >= 4 is 12.0 Å². The predicted molar refractivity (Wildman–Crippen MR) is 81.2 cm³/mol. The fraction of sp³-hybridized carbons (Fsp3) is 0.167. The Labute approximate surface area is 123 Å². The second-order valence-corrected chi connectivity index (χ2v) is 4.77. The van der Waals surface area contributed by atoms with Gasteiger partial charge in [0.15, 0.2) is 0 Å². The van der Waals surface area contributed by atoms with E-state index >= 15 is 0 Å². The highest BCUT2D eigenvalue weighted by molar-refractivity contribution is 5.66. The second kappa shape index (κ2) is 7.39. The van der Waals surface area contributed by atoms with Gasteiger partial charge in [-0.25, -0.2) is 4.39 Å². The van der Waals surface area contributed by atoms with Gasteiger partial charge in [0.1, 0.15) is 12.4 Å². The molecule has 0 N–H and O–H groups in total. The topological polar surface area (TPSA) is 26.3 Å². The Balaban J connectivity index is 2.23. The summed E-state index contributed by atoms with van der Waals surface area (Å²) in [6.45, 7) is 1.53. The number of benzene rings is 2. The number of hydrogen-bond donors (Lipinski definition) is 0. The van der Waals surface area contributed by atoms with Gasteiger partial charge in [0, 0.05) is 12.5 Å². The van der Waals surface area contributed by atoms with Crippen molar-refractivity contribution in [2.24, 2.45) is 0 Å². The summed E-state index contributed by atoms with van der Waals surface area (Å²) in [5.41, 5.74) is 2.43. The summed E-state index contributed by atoms with van der Waals surface area (Å²) in [7, 11) is 0. The number of carbonyl (C=O) groups is 1. The zero-order valence-electron chi connectivity index (χ0n) is 11.9. The number of halogens is 1. The molecular formula is C18H17FO2. The Morgan fingerprint density at radius 1 is 1.10 bits per heavy atom. The lowest BCUT2D eigenvalue weighted by Gasteiger charge is -2.09. The molecule has 0 saturated heterocycles. The highest BCUT2D eigenvalue weighted by Gasteiger charge is 2.05. The van der Waals surface area contributed by atoms with Gasteiger partial charge in [-0.15, -0.1) is 0 Å². The first-order valence-electron chi connectivity index (χ1n) is 6.76. The third kappa shape index (κ3) is 4.88. The molecule has 2 rings (SSSR count). The molecule has 2 nitrogen and oxygen atoms in total. The van der Waals surface area contributed by atoms with E-state index in [0.717, 1.165) is 11.1 Å². The van der Waals surface area contributed by atoms with Crippen molar-refractivity contribution in [2.75, 3.05) is 6.61 Å². The van der Waals surface area contributed by atoms with Crippen LogP contribution in [0.1, 0.15) is 18.1 Å². The summed E-state index contributed by atoms with van der Waals surface area (Å²) in [4.78, 5) is 11.0. The molecule has 0 fully saturated rings. The van der Waals surface area contributed by atoms with Gasteiger partial charge in [0.2, 0.25) is 0 Å². The first-order valence-corrected chi connectivity index (χ1v) is 6.76.